The monoisotopic (exact) mass is 244 g/mol. The lowest BCUT2D eigenvalue weighted by molar-refractivity contribution is 0.207. The first kappa shape index (κ1) is 12.5. The van der Waals surface area contributed by atoms with Crippen LogP contribution >= 0.6 is 0 Å². The molecule has 0 saturated heterocycles. The molecule has 2 aromatic rings. The van der Waals surface area contributed by atoms with Gasteiger partial charge in [0.15, 0.2) is 0 Å². The van der Waals surface area contributed by atoms with Crippen molar-refractivity contribution in [2.45, 2.75) is 19.4 Å². The van der Waals surface area contributed by atoms with Crippen LogP contribution in [0.25, 0.3) is 0 Å². The maximum Gasteiger partial charge on any atom is 0.238 e. The summed E-state index contributed by atoms with van der Waals surface area (Å²) in [5.41, 5.74) is 2.45. The molecule has 18 heavy (non-hydrogen) atoms. The zero-order valence-corrected chi connectivity index (χ0v) is 10.5. The number of aryl methyl sites for hydroxylation is 1. The summed E-state index contributed by atoms with van der Waals surface area (Å²) in [5, 5.41) is 10.3. The predicted molar refractivity (Wildman–Crippen MR) is 68.5 cm³/mol. The van der Waals surface area contributed by atoms with Gasteiger partial charge in [-0.15, -0.1) is 0 Å². The number of nitrogens with zero attached hydrogens (tertiary/aromatic N) is 2. The van der Waals surface area contributed by atoms with Gasteiger partial charge in [0.25, 0.3) is 0 Å². The third kappa shape index (κ3) is 2.49. The molecule has 0 radical (unpaired) electrons. The average Bonchev–Trinajstić information content (AvgIpc) is 2.46. The Hall–Kier alpha value is -1.94. The van der Waals surface area contributed by atoms with Crippen LogP contribution in [0.15, 0.2) is 36.7 Å². The van der Waals surface area contributed by atoms with Crippen molar-refractivity contribution in [3.63, 3.8) is 0 Å². The summed E-state index contributed by atoms with van der Waals surface area (Å²) >= 11 is 0. The fourth-order valence-corrected chi connectivity index (χ4v) is 1.77. The Kier molecular flexibility index (Phi) is 3.89. The molecular weight excluding hydrogens is 228 g/mol. The molecule has 1 aromatic carbocycles. The highest BCUT2D eigenvalue weighted by molar-refractivity contribution is 5.32. The number of aromatic nitrogens is 2. The third-order valence-electron chi connectivity index (χ3n) is 2.85. The van der Waals surface area contributed by atoms with Gasteiger partial charge >= 0.3 is 0 Å². The summed E-state index contributed by atoms with van der Waals surface area (Å²) in [5.74, 6) is 0.351. The van der Waals surface area contributed by atoms with Crippen LogP contribution in [0.2, 0.25) is 0 Å². The van der Waals surface area contributed by atoms with Crippen LogP contribution in [0.4, 0.5) is 0 Å². The predicted octanol–water partition coefficient (Wildman–Crippen LogP) is 2.13. The van der Waals surface area contributed by atoms with Crippen molar-refractivity contribution in [1.29, 1.82) is 0 Å². The minimum Gasteiger partial charge on any atom is -0.480 e. The Morgan fingerprint density at radius 1 is 1.17 bits per heavy atom. The molecule has 2 rings (SSSR count). The van der Waals surface area contributed by atoms with Crippen molar-refractivity contribution in [2.24, 2.45) is 0 Å². The molecule has 4 nitrogen and oxygen atoms in total. The van der Waals surface area contributed by atoms with Crippen LogP contribution < -0.4 is 4.74 Å². The van der Waals surface area contributed by atoms with E-state index in [1.165, 1.54) is 18.9 Å². The number of benzene rings is 1. The van der Waals surface area contributed by atoms with Gasteiger partial charge in [0.2, 0.25) is 5.88 Å². The van der Waals surface area contributed by atoms with Gasteiger partial charge in [-0.25, -0.2) is 4.98 Å². The second-order valence-corrected chi connectivity index (χ2v) is 3.95. The number of aliphatic hydroxyl groups is 1. The van der Waals surface area contributed by atoms with E-state index in [1.807, 2.05) is 24.3 Å². The van der Waals surface area contributed by atoms with Crippen LogP contribution in [-0.4, -0.2) is 22.2 Å². The van der Waals surface area contributed by atoms with E-state index < -0.39 is 6.10 Å². The van der Waals surface area contributed by atoms with Crippen molar-refractivity contribution in [1.82, 2.24) is 9.97 Å². The minimum atomic E-state index is -0.820. The lowest BCUT2D eigenvalue weighted by atomic mass is 10.0. The van der Waals surface area contributed by atoms with Crippen molar-refractivity contribution >= 4 is 0 Å². The van der Waals surface area contributed by atoms with Crippen LogP contribution in [0.1, 0.15) is 29.8 Å². The van der Waals surface area contributed by atoms with Crippen molar-refractivity contribution in [2.75, 3.05) is 7.11 Å². The lowest BCUT2D eigenvalue weighted by Crippen LogP contribution is -2.06. The standard InChI is InChI=1S/C14H16N2O2/c1-3-10-4-6-11(7-5-10)13(17)12-14(18-2)16-9-8-15-12/h4-9,13,17H,3H2,1-2H3. The number of rotatable bonds is 4. The Balaban J connectivity index is 2.31. The molecule has 0 saturated carbocycles. The Morgan fingerprint density at radius 2 is 1.83 bits per heavy atom. The van der Waals surface area contributed by atoms with Gasteiger partial charge in [0.1, 0.15) is 11.8 Å². The average molecular weight is 244 g/mol. The molecule has 0 aliphatic carbocycles. The number of ether oxygens (including phenoxy) is 1. The van der Waals surface area contributed by atoms with E-state index in [2.05, 4.69) is 16.9 Å². The van der Waals surface area contributed by atoms with Crippen molar-refractivity contribution in [3.8, 4) is 5.88 Å². The highest BCUT2D eigenvalue weighted by Crippen LogP contribution is 2.26. The van der Waals surface area contributed by atoms with Gasteiger partial charge in [-0.1, -0.05) is 31.2 Å². The first-order valence-corrected chi connectivity index (χ1v) is 5.88. The molecule has 0 aliphatic rings. The van der Waals surface area contributed by atoms with Crippen LogP contribution in [0.5, 0.6) is 5.88 Å². The largest absolute Gasteiger partial charge is 0.480 e. The first-order valence-electron chi connectivity index (χ1n) is 5.88. The van der Waals surface area contributed by atoms with Gasteiger partial charge in [0, 0.05) is 12.4 Å². The van der Waals surface area contributed by atoms with Gasteiger partial charge in [-0.3, -0.25) is 4.98 Å². The molecular formula is C14H16N2O2. The van der Waals surface area contributed by atoms with Crippen molar-refractivity contribution < 1.29 is 9.84 Å². The highest BCUT2D eigenvalue weighted by Gasteiger charge is 2.17. The minimum absolute atomic E-state index is 0.351. The van der Waals surface area contributed by atoms with E-state index in [-0.39, 0.29) is 0 Å². The van der Waals surface area contributed by atoms with Crippen LogP contribution in [0.3, 0.4) is 0 Å². The van der Waals surface area contributed by atoms with E-state index in [0.29, 0.717) is 11.6 Å². The Labute approximate surface area is 106 Å². The van der Waals surface area contributed by atoms with Crippen molar-refractivity contribution in [3.05, 3.63) is 53.5 Å². The molecule has 0 fully saturated rings. The number of aliphatic hydroxyl groups excluding tert-OH is 1. The summed E-state index contributed by atoms with van der Waals surface area (Å²) < 4.78 is 5.10. The molecule has 0 amide bonds. The van der Waals surface area contributed by atoms with E-state index in [1.54, 1.807) is 6.20 Å². The quantitative estimate of drug-likeness (QED) is 0.895. The smallest absolute Gasteiger partial charge is 0.238 e. The second-order valence-electron chi connectivity index (χ2n) is 3.95. The molecule has 94 valence electrons. The number of hydrogen-bond donors (Lipinski definition) is 1. The van der Waals surface area contributed by atoms with Crippen LogP contribution in [0, 0.1) is 0 Å². The fraction of sp³-hybridized carbons (Fsp3) is 0.286. The van der Waals surface area contributed by atoms with E-state index >= 15 is 0 Å². The number of methoxy groups -OCH3 is 1. The Bertz CT molecular complexity index is 511. The summed E-state index contributed by atoms with van der Waals surface area (Å²) in [6.07, 6.45) is 3.24. The summed E-state index contributed by atoms with van der Waals surface area (Å²) in [7, 11) is 1.51. The summed E-state index contributed by atoms with van der Waals surface area (Å²) in [4.78, 5) is 8.16. The Morgan fingerprint density at radius 3 is 2.44 bits per heavy atom. The second kappa shape index (κ2) is 5.60. The summed E-state index contributed by atoms with van der Waals surface area (Å²) in [6.45, 7) is 2.09. The zero-order chi connectivity index (χ0) is 13.0. The zero-order valence-electron chi connectivity index (χ0n) is 10.5. The maximum absolute atomic E-state index is 10.3. The molecule has 0 aliphatic heterocycles. The molecule has 1 heterocycles. The lowest BCUT2D eigenvalue weighted by Gasteiger charge is -2.13. The van der Waals surface area contributed by atoms with Gasteiger partial charge in [0.05, 0.1) is 7.11 Å². The highest BCUT2D eigenvalue weighted by atomic mass is 16.5. The molecule has 1 aromatic heterocycles. The third-order valence-corrected chi connectivity index (χ3v) is 2.85. The fourth-order valence-electron chi connectivity index (χ4n) is 1.77. The molecule has 1 unspecified atom stereocenters. The molecule has 0 spiro atoms. The molecule has 4 heteroatoms. The molecule has 1 N–H and O–H groups in total. The van der Waals surface area contributed by atoms with Gasteiger partial charge in [-0.2, -0.15) is 0 Å². The van der Waals surface area contributed by atoms with E-state index in [9.17, 15) is 5.11 Å². The first-order chi connectivity index (χ1) is 8.76. The topological polar surface area (TPSA) is 55.2 Å². The van der Waals surface area contributed by atoms with E-state index in [4.69, 9.17) is 4.74 Å². The normalized spacial score (nSPS) is 12.2. The van der Waals surface area contributed by atoms with E-state index in [0.717, 1.165) is 12.0 Å². The van der Waals surface area contributed by atoms with Gasteiger partial charge < -0.3 is 9.84 Å². The van der Waals surface area contributed by atoms with Crippen LogP contribution in [-0.2, 0) is 6.42 Å². The molecule has 0 bridgehead atoms. The molecule has 1 atom stereocenters. The number of hydrogen-bond acceptors (Lipinski definition) is 4. The summed E-state index contributed by atoms with van der Waals surface area (Å²) in [6, 6.07) is 7.80. The SMILES string of the molecule is CCc1ccc(C(O)c2nccnc2OC)cc1. The van der Waals surface area contributed by atoms with Gasteiger partial charge in [-0.05, 0) is 17.5 Å². The maximum atomic E-state index is 10.3.